The number of thioether (sulfide) groups is 1. The number of esters is 2. The molecule has 0 aromatic heterocycles. The summed E-state index contributed by atoms with van der Waals surface area (Å²) in [5, 5.41) is 9.18. The third-order valence-electron chi connectivity index (χ3n) is 3.55. The molecule has 0 aliphatic carbocycles. The van der Waals surface area contributed by atoms with Crippen molar-refractivity contribution in [2.75, 3.05) is 12.9 Å². The molecule has 1 heterocycles. The highest BCUT2D eigenvalue weighted by molar-refractivity contribution is 8.01. The number of hydrogen-bond acceptors (Lipinski definition) is 7. The standard InChI is InChI=1S/C15H24O6S/c1-10-6-4-3-5-7-11(16)15(19)12(8-13(17)21-10)22-9-14(18)20-2/h10-12,16H,3-9H2,1-2H3. The Kier molecular flexibility index (Phi) is 8.48. The van der Waals surface area contributed by atoms with E-state index in [0.717, 1.165) is 37.4 Å². The van der Waals surface area contributed by atoms with E-state index in [1.54, 1.807) is 0 Å². The van der Waals surface area contributed by atoms with Crippen molar-refractivity contribution in [2.24, 2.45) is 0 Å². The molecular formula is C15H24O6S. The van der Waals surface area contributed by atoms with Gasteiger partial charge in [0.05, 0.1) is 30.6 Å². The van der Waals surface area contributed by atoms with Crippen LogP contribution in [-0.4, -0.2) is 53.1 Å². The van der Waals surface area contributed by atoms with Crippen molar-refractivity contribution in [3.63, 3.8) is 0 Å². The molecule has 1 rings (SSSR count). The molecule has 0 aromatic carbocycles. The lowest BCUT2D eigenvalue weighted by Crippen LogP contribution is -2.34. The van der Waals surface area contributed by atoms with E-state index in [0.29, 0.717) is 6.42 Å². The fourth-order valence-corrected chi connectivity index (χ4v) is 3.29. The largest absolute Gasteiger partial charge is 0.468 e. The van der Waals surface area contributed by atoms with Crippen LogP contribution in [-0.2, 0) is 23.9 Å². The zero-order valence-electron chi connectivity index (χ0n) is 13.1. The van der Waals surface area contributed by atoms with E-state index in [-0.39, 0.29) is 18.3 Å². The van der Waals surface area contributed by atoms with Gasteiger partial charge in [-0.15, -0.1) is 11.8 Å². The molecule has 0 spiro atoms. The van der Waals surface area contributed by atoms with Crippen molar-refractivity contribution in [1.82, 2.24) is 0 Å². The van der Waals surface area contributed by atoms with Crippen LogP contribution in [0.4, 0.5) is 0 Å². The fourth-order valence-electron chi connectivity index (χ4n) is 2.26. The summed E-state index contributed by atoms with van der Waals surface area (Å²) in [6.07, 6.45) is 2.28. The summed E-state index contributed by atoms with van der Waals surface area (Å²) >= 11 is 1.01. The maximum Gasteiger partial charge on any atom is 0.315 e. The lowest BCUT2D eigenvalue weighted by molar-refractivity contribution is -0.150. The zero-order chi connectivity index (χ0) is 16.5. The Morgan fingerprint density at radius 3 is 2.68 bits per heavy atom. The molecule has 0 aromatic rings. The van der Waals surface area contributed by atoms with Gasteiger partial charge >= 0.3 is 11.9 Å². The minimum Gasteiger partial charge on any atom is -0.468 e. The number of Topliss-reactive ketones (excluding diaryl/α,β-unsaturated/α-hetero) is 1. The fraction of sp³-hybridized carbons (Fsp3) is 0.800. The first kappa shape index (κ1) is 19.0. The molecule has 1 saturated heterocycles. The maximum atomic E-state index is 12.3. The van der Waals surface area contributed by atoms with Gasteiger partial charge in [-0.25, -0.2) is 0 Å². The first-order chi connectivity index (χ1) is 10.4. The Hall–Kier alpha value is -1.08. The topological polar surface area (TPSA) is 89.9 Å². The average molecular weight is 332 g/mol. The highest BCUT2D eigenvalue weighted by Crippen LogP contribution is 2.22. The van der Waals surface area contributed by atoms with Crippen molar-refractivity contribution in [1.29, 1.82) is 0 Å². The summed E-state index contributed by atoms with van der Waals surface area (Å²) < 4.78 is 9.80. The second-order valence-electron chi connectivity index (χ2n) is 5.44. The second kappa shape index (κ2) is 9.84. The average Bonchev–Trinajstić information content (AvgIpc) is 2.48. The van der Waals surface area contributed by atoms with Crippen LogP contribution in [0.3, 0.4) is 0 Å². The van der Waals surface area contributed by atoms with Crippen LogP contribution in [0.25, 0.3) is 0 Å². The van der Waals surface area contributed by atoms with E-state index in [1.807, 2.05) is 6.92 Å². The molecular weight excluding hydrogens is 308 g/mol. The molecule has 1 aliphatic rings. The first-order valence-electron chi connectivity index (χ1n) is 7.53. The van der Waals surface area contributed by atoms with Gasteiger partial charge in [-0.3, -0.25) is 14.4 Å². The molecule has 6 nitrogen and oxygen atoms in total. The van der Waals surface area contributed by atoms with Crippen LogP contribution in [0.1, 0.15) is 45.4 Å². The summed E-state index contributed by atoms with van der Waals surface area (Å²) in [7, 11) is 1.26. The number of methoxy groups -OCH3 is 1. The molecule has 22 heavy (non-hydrogen) atoms. The molecule has 1 fully saturated rings. The number of rotatable bonds is 3. The van der Waals surface area contributed by atoms with Crippen molar-refractivity contribution in [3.8, 4) is 0 Å². The minimum atomic E-state index is -1.10. The normalized spacial score (nSPS) is 28.2. The number of hydrogen-bond donors (Lipinski definition) is 1. The molecule has 0 amide bonds. The van der Waals surface area contributed by atoms with Crippen LogP contribution in [0.5, 0.6) is 0 Å². The summed E-state index contributed by atoms with van der Waals surface area (Å²) in [5.41, 5.74) is 0. The lowest BCUT2D eigenvalue weighted by atomic mass is 10.0. The van der Waals surface area contributed by atoms with Gasteiger partial charge < -0.3 is 14.6 Å². The summed E-state index contributed by atoms with van der Waals surface area (Å²) in [6, 6.07) is 0. The van der Waals surface area contributed by atoms with Gasteiger partial charge in [-0.2, -0.15) is 0 Å². The predicted molar refractivity (Wildman–Crippen MR) is 82.5 cm³/mol. The first-order valence-corrected chi connectivity index (χ1v) is 8.58. The van der Waals surface area contributed by atoms with Gasteiger partial charge in [0.15, 0.2) is 5.78 Å². The van der Waals surface area contributed by atoms with E-state index < -0.39 is 29.1 Å². The van der Waals surface area contributed by atoms with Gasteiger partial charge in [-0.05, 0) is 26.2 Å². The van der Waals surface area contributed by atoms with Crippen LogP contribution in [0.2, 0.25) is 0 Å². The van der Waals surface area contributed by atoms with Crippen LogP contribution < -0.4 is 0 Å². The molecule has 1 N–H and O–H groups in total. The summed E-state index contributed by atoms with van der Waals surface area (Å²) in [6.45, 7) is 1.83. The number of ketones is 1. The Balaban J connectivity index is 2.73. The van der Waals surface area contributed by atoms with Crippen molar-refractivity contribution in [2.45, 2.75) is 62.9 Å². The molecule has 7 heteroatoms. The Morgan fingerprint density at radius 1 is 1.32 bits per heavy atom. The van der Waals surface area contributed by atoms with Crippen LogP contribution in [0.15, 0.2) is 0 Å². The van der Waals surface area contributed by atoms with Gasteiger partial charge in [0.25, 0.3) is 0 Å². The van der Waals surface area contributed by atoms with Crippen molar-refractivity contribution >= 4 is 29.5 Å². The predicted octanol–water partition coefficient (Wildman–Crippen LogP) is 1.48. The molecule has 1 aliphatic heterocycles. The molecule has 3 unspecified atom stereocenters. The smallest absolute Gasteiger partial charge is 0.315 e. The number of aliphatic hydroxyl groups excluding tert-OH is 1. The number of carbonyl (C=O) groups is 3. The molecule has 0 bridgehead atoms. The van der Waals surface area contributed by atoms with Crippen LogP contribution in [0, 0.1) is 0 Å². The molecule has 0 radical (unpaired) electrons. The number of aliphatic hydroxyl groups is 1. The SMILES string of the molecule is COC(=O)CSC1CC(=O)OC(C)CCCCCC(O)C1=O. The van der Waals surface area contributed by atoms with E-state index in [1.165, 1.54) is 7.11 Å². The number of ether oxygens (including phenoxy) is 2. The van der Waals surface area contributed by atoms with Gasteiger partial charge in [0.2, 0.25) is 0 Å². The van der Waals surface area contributed by atoms with E-state index in [4.69, 9.17) is 4.74 Å². The third-order valence-corrected chi connectivity index (χ3v) is 4.75. The van der Waals surface area contributed by atoms with Gasteiger partial charge in [-0.1, -0.05) is 12.8 Å². The zero-order valence-corrected chi connectivity index (χ0v) is 13.9. The molecule has 3 atom stereocenters. The van der Waals surface area contributed by atoms with Gasteiger partial charge in [0, 0.05) is 0 Å². The van der Waals surface area contributed by atoms with E-state index >= 15 is 0 Å². The number of cyclic esters (lactones) is 1. The molecule has 126 valence electrons. The quantitative estimate of drug-likeness (QED) is 0.783. The maximum absolute atomic E-state index is 12.3. The monoisotopic (exact) mass is 332 g/mol. The Labute approximate surface area is 134 Å². The van der Waals surface area contributed by atoms with E-state index in [2.05, 4.69) is 4.74 Å². The molecule has 0 saturated carbocycles. The Morgan fingerprint density at radius 2 is 2.00 bits per heavy atom. The van der Waals surface area contributed by atoms with Crippen LogP contribution >= 0.6 is 11.8 Å². The Bertz CT molecular complexity index is 397. The number of carbonyl (C=O) groups excluding carboxylic acids is 3. The highest BCUT2D eigenvalue weighted by atomic mass is 32.2. The summed E-state index contributed by atoms with van der Waals surface area (Å²) in [5.74, 6) is -1.40. The third kappa shape index (κ3) is 6.79. The van der Waals surface area contributed by atoms with E-state index in [9.17, 15) is 19.5 Å². The van der Waals surface area contributed by atoms with Crippen molar-refractivity contribution in [3.05, 3.63) is 0 Å². The highest BCUT2D eigenvalue weighted by Gasteiger charge is 2.30. The van der Waals surface area contributed by atoms with Crippen molar-refractivity contribution < 1.29 is 29.0 Å². The lowest BCUT2D eigenvalue weighted by Gasteiger charge is -2.21. The minimum absolute atomic E-state index is 0.0392. The van der Waals surface area contributed by atoms with Gasteiger partial charge in [0.1, 0.15) is 6.10 Å². The summed E-state index contributed by atoms with van der Waals surface area (Å²) in [4.78, 5) is 35.4. The second-order valence-corrected chi connectivity index (χ2v) is 6.63.